The molecule has 5 nitrogen and oxygen atoms in total. The van der Waals surface area contributed by atoms with Gasteiger partial charge in [0, 0.05) is 18.5 Å². The zero-order valence-corrected chi connectivity index (χ0v) is 6.01. The van der Waals surface area contributed by atoms with Gasteiger partial charge in [-0.3, -0.25) is 4.98 Å². The van der Waals surface area contributed by atoms with Gasteiger partial charge >= 0.3 is 5.97 Å². The van der Waals surface area contributed by atoms with Crippen LogP contribution in [-0.2, 0) is 0 Å². The zero-order chi connectivity index (χ0) is 8.55. The first-order valence-corrected chi connectivity index (χ1v) is 3.30. The van der Waals surface area contributed by atoms with Gasteiger partial charge in [0.05, 0.1) is 11.7 Å². The number of nitrogens with zero attached hydrogens (tertiary/aromatic N) is 3. The maximum Gasteiger partial charge on any atom is 0.356 e. The Hall–Kier alpha value is -1.91. The Morgan fingerprint density at radius 1 is 1.58 bits per heavy atom. The highest BCUT2D eigenvalue weighted by Gasteiger charge is 2.07. The molecule has 0 radical (unpaired) electrons. The molecule has 0 bridgehead atoms. The van der Waals surface area contributed by atoms with Crippen LogP contribution in [0.4, 0.5) is 0 Å². The molecule has 0 atom stereocenters. The van der Waals surface area contributed by atoms with E-state index in [-0.39, 0.29) is 5.69 Å². The van der Waals surface area contributed by atoms with Crippen molar-refractivity contribution in [2.24, 2.45) is 0 Å². The van der Waals surface area contributed by atoms with Crippen LogP contribution in [0.3, 0.4) is 0 Å². The quantitative estimate of drug-likeness (QED) is 0.661. The van der Waals surface area contributed by atoms with Crippen LogP contribution >= 0.6 is 0 Å². The monoisotopic (exact) mass is 163 g/mol. The summed E-state index contributed by atoms with van der Waals surface area (Å²) in [5.41, 5.74) is 0.706. The molecule has 60 valence electrons. The van der Waals surface area contributed by atoms with Gasteiger partial charge in [0.1, 0.15) is 0 Å². The lowest BCUT2D eigenvalue weighted by molar-refractivity contribution is 0.0690. The van der Waals surface area contributed by atoms with Crippen molar-refractivity contribution in [1.82, 2.24) is 14.6 Å². The van der Waals surface area contributed by atoms with Crippen molar-refractivity contribution in [3.63, 3.8) is 0 Å². The predicted molar refractivity (Wildman–Crippen MR) is 39.9 cm³/mol. The third-order valence-corrected chi connectivity index (χ3v) is 1.48. The highest BCUT2D eigenvalue weighted by atomic mass is 16.4. The summed E-state index contributed by atoms with van der Waals surface area (Å²) < 4.78 is 1.47. The molecule has 2 rings (SSSR count). The van der Waals surface area contributed by atoms with Crippen LogP contribution in [0, 0.1) is 0 Å². The Kier molecular flexibility index (Phi) is 1.30. The van der Waals surface area contributed by atoms with E-state index in [1.165, 1.54) is 10.6 Å². The van der Waals surface area contributed by atoms with Crippen LogP contribution < -0.4 is 0 Å². The molecule has 2 aromatic heterocycles. The highest BCUT2D eigenvalue weighted by Crippen LogP contribution is 2.03. The topological polar surface area (TPSA) is 67.5 Å². The van der Waals surface area contributed by atoms with Crippen molar-refractivity contribution in [3.8, 4) is 0 Å². The fourth-order valence-electron chi connectivity index (χ4n) is 0.950. The SMILES string of the molecule is O=C(O)c1cc2cnccn2n1. The summed E-state index contributed by atoms with van der Waals surface area (Å²) in [6, 6.07) is 1.47. The van der Waals surface area contributed by atoms with E-state index < -0.39 is 5.97 Å². The number of hydrogen-bond donors (Lipinski definition) is 1. The second-order valence-electron chi connectivity index (χ2n) is 2.28. The third-order valence-electron chi connectivity index (χ3n) is 1.48. The van der Waals surface area contributed by atoms with Crippen molar-refractivity contribution in [3.05, 3.63) is 30.4 Å². The van der Waals surface area contributed by atoms with E-state index in [9.17, 15) is 4.79 Å². The molecule has 0 saturated heterocycles. The summed E-state index contributed by atoms with van der Waals surface area (Å²) in [6.07, 6.45) is 4.70. The van der Waals surface area contributed by atoms with E-state index >= 15 is 0 Å². The lowest BCUT2D eigenvalue weighted by Crippen LogP contribution is -1.97. The van der Waals surface area contributed by atoms with Gasteiger partial charge in [-0.1, -0.05) is 0 Å². The molecular formula is C7H5N3O2. The van der Waals surface area contributed by atoms with E-state index in [0.29, 0.717) is 5.52 Å². The molecular weight excluding hydrogens is 158 g/mol. The van der Waals surface area contributed by atoms with E-state index in [0.717, 1.165) is 0 Å². The fraction of sp³-hybridized carbons (Fsp3) is 0. The number of carboxylic acids is 1. The minimum Gasteiger partial charge on any atom is -0.476 e. The second-order valence-corrected chi connectivity index (χ2v) is 2.28. The van der Waals surface area contributed by atoms with Gasteiger partial charge < -0.3 is 5.11 Å². The minimum absolute atomic E-state index is 0.0306. The normalized spacial score (nSPS) is 10.3. The van der Waals surface area contributed by atoms with Crippen molar-refractivity contribution < 1.29 is 9.90 Å². The first-order valence-electron chi connectivity index (χ1n) is 3.30. The summed E-state index contributed by atoms with van der Waals surface area (Å²) in [5, 5.41) is 12.4. The van der Waals surface area contributed by atoms with Crippen LogP contribution in [0.1, 0.15) is 10.5 Å². The first kappa shape index (κ1) is 6.78. The van der Waals surface area contributed by atoms with Crippen molar-refractivity contribution in [1.29, 1.82) is 0 Å². The minimum atomic E-state index is -1.03. The summed E-state index contributed by atoms with van der Waals surface area (Å²) >= 11 is 0. The maximum absolute atomic E-state index is 10.5. The maximum atomic E-state index is 10.5. The molecule has 0 aliphatic carbocycles. The number of carbonyl (C=O) groups is 1. The summed E-state index contributed by atoms with van der Waals surface area (Å²) in [4.78, 5) is 14.3. The number of aromatic nitrogens is 3. The van der Waals surface area contributed by atoms with Crippen LogP contribution in [0.2, 0.25) is 0 Å². The van der Waals surface area contributed by atoms with Gasteiger partial charge in [0.25, 0.3) is 0 Å². The highest BCUT2D eigenvalue weighted by molar-refractivity contribution is 5.86. The van der Waals surface area contributed by atoms with Crippen molar-refractivity contribution in [2.75, 3.05) is 0 Å². The van der Waals surface area contributed by atoms with Gasteiger partial charge in [-0.2, -0.15) is 5.10 Å². The Balaban J connectivity index is 2.70. The zero-order valence-electron chi connectivity index (χ0n) is 6.01. The summed E-state index contributed by atoms with van der Waals surface area (Å²) in [7, 11) is 0. The van der Waals surface area contributed by atoms with Gasteiger partial charge in [0.2, 0.25) is 0 Å². The molecule has 2 aromatic rings. The molecule has 5 heteroatoms. The van der Waals surface area contributed by atoms with E-state index in [1.54, 1.807) is 18.6 Å². The average molecular weight is 163 g/mol. The number of carboxylic acid groups (broad SMARTS) is 1. The molecule has 1 N–H and O–H groups in total. The second kappa shape index (κ2) is 2.30. The Bertz CT molecular complexity index is 402. The number of rotatable bonds is 1. The molecule has 0 aliphatic rings. The molecule has 2 heterocycles. The lowest BCUT2D eigenvalue weighted by atomic mass is 10.4. The van der Waals surface area contributed by atoms with E-state index in [2.05, 4.69) is 10.1 Å². The van der Waals surface area contributed by atoms with Gasteiger partial charge in [-0.25, -0.2) is 9.31 Å². The van der Waals surface area contributed by atoms with Crippen molar-refractivity contribution >= 4 is 11.5 Å². The molecule has 0 amide bonds. The first-order chi connectivity index (χ1) is 5.77. The molecule has 0 spiro atoms. The average Bonchev–Trinajstić information content (AvgIpc) is 2.46. The molecule has 0 aliphatic heterocycles. The number of aromatic carboxylic acids is 1. The Labute approximate surface area is 67.3 Å². The molecule has 0 saturated carbocycles. The largest absolute Gasteiger partial charge is 0.476 e. The predicted octanol–water partition coefficient (Wildman–Crippen LogP) is 0.427. The third kappa shape index (κ3) is 0.914. The molecule has 0 unspecified atom stereocenters. The Morgan fingerprint density at radius 2 is 2.42 bits per heavy atom. The lowest BCUT2D eigenvalue weighted by Gasteiger charge is -1.86. The smallest absolute Gasteiger partial charge is 0.356 e. The Morgan fingerprint density at radius 3 is 3.08 bits per heavy atom. The van der Waals surface area contributed by atoms with Crippen LogP contribution in [0.15, 0.2) is 24.7 Å². The van der Waals surface area contributed by atoms with Gasteiger partial charge in [-0.05, 0) is 0 Å². The van der Waals surface area contributed by atoms with E-state index in [1.807, 2.05) is 0 Å². The summed E-state index contributed by atoms with van der Waals surface area (Å²) in [5.74, 6) is -1.03. The van der Waals surface area contributed by atoms with E-state index in [4.69, 9.17) is 5.11 Å². The molecule has 0 fully saturated rings. The van der Waals surface area contributed by atoms with Crippen LogP contribution in [0.25, 0.3) is 5.52 Å². The van der Waals surface area contributed by atoms with Crippen LogP contribution in [0.5, 0.6) is 0 Å². The van der Waals surface area contributed by atoms with Gasteiger partial charge in [0.15, 0.2) is 5.69 Å². The standard InChI is InChI=1S/C7H5N3O2/c11-7(12)6-3-5-4-8-1-2-10(5)9-6/h1-4H,(H,11,12). The number of hydrogen-bond acceptors (Lipinski definition) is 3. The molecule has 12 heavy (non-hydrogen) atoms. The summed E-state index contributed by atoms with van der Waals surface area (Å²) in [6.45, 7) is 0. The van der Waals surface area contributed by atoms with Gasteiger partial charge in [-0.15, -0.1) is 0 Å². The van der Waals surface area contributed by atoms with Crippen molar-refractivity contribution in [2.45, 2.75) is 0 Å². The number of fused-ring (bicyclic) bond motifs is 1. The van der Waals surface area contributed by atoms with Crippen LogP contribution in [-0.4, -0.2) is 25.7 Å². The molecule has 0 aromatic carbocycles. The fourth-order valence-corrected chi connectivity index (χ4v) is 0.950.